The fourth-order valence-corrected chi connectivity index (χ4v) is 6.13. The molecule has 0 aliphatic heterocycles. The molecule has 0 atom stereocenters. The lowest BCUT2D eigenvalue weighted by atomic mass is 9.53. The summed E-state index contributed by atoms with van der Waals surface area (Å²) in [7, 11) is 3.20. The SMILES string of the molecule is COc1cc(C(=O)NC23CC4CC(CC(C4)C2)C3)cc(OC)c1Br. The van der Waals surface area contributed by atoms with Crippen molar-refractivity contribution < 1.29 is 14.3 Å². The van der Waals surface area contributed by atoms with Crippen molar-refractivity contribution in [1.82, 2.24) is 5.32 Å². The Bertz CT molecular complexity index is 612. The van der Waals surface area contributed by atoms with Crippen molar-refractivity contribution in [2.45, 2.75) is 44.1 Å². The standard InChI is InChI=1S/C19H24BrNO3/c1-23-15-6-14(7-16(24-2)17(15)20)18(22)21-19-8-11-3-12(9-19)5-13(4-11)10-19/h6-7,11-13H,3-5,8-10H2,1-2H3,(H,21,22). The van der Waals surface area contributed by atoms with Crippen LogP contribution in [-0.2, 0) is 0 Å². The van der Waals surface area contributed by atoms with Gasteiger partial charge in [-0.2, -0.15) is 0 Å². The van der Waals surface area contributed by atoms with Crippen molar-refractivity contribution in [3.63, 3.8) is 0 Å². The van der Waals surface area contributed by atoms with Crippen LogP contribution in [0.2, 0.25) is 0 Å². The van der Waals surface area contributed by atoms with Crippen molar-refractivity contribution in [1.29, 1.82) is 0 Å². The normalized spacial score (nSPS) is 33.4. The lowest BCUT2D eigenvalue weighted by Gasteiger charge is -2.56. The van der Waals surface area contributed by atoms with Gasteiger partial charge in [-0.1, -0.05) is 0 Å². The van der Waals surface area contributed by atoms with Gasteiger partial charge in [-0.3, -0.25) is 4.79 Å². The smallest absolute Gasteiger partial charge is 0.251 e. The third-order valence-electron chi connectivity index (χ3n) is 6.12. The van der Waals surface area contributed by atoms with Crippen LogP contribution in [0.5, 0.6) is 11.5 Å². The average Bonchev–Trinajstić information content (AvgIpc) is 2.53. The zero-order chi connectivity index (χ0) is 16.9. The topological polar surface area (TPSA) is 47.6 Å². The number of carbonyl (C=O) groups excluding carboxylic acids is 1. The van der Waals surface area contributed by atoms with E-state index in [-0.39, 0.29) is 11.4 Å². The minimum absolute atomic E-state index is 0.0129. The Labute approximate surface area is 151 Å². The van der Waals surface area contributed by atoms with Gasteiger partial charge in [-0.05, 0) is 84.3 Å². The van der Waals surface area contributed by atoms with Gasteiger partial charge in [0, 0.05) is 11.1 Å². The van der Waals surface area contributed by atoms with E-state index in [2.05, 4.69) is 21.2 Å². The van der Waals surface area contributed by atoms with E-state index in [4.69, 9.17) is 9.47 Å². The molecule has 1 aromatic carbocycles. The molecule has 4 bridgehead atoms. The summed E-state index contributed by atoms with van der Waals surface area (Å²) in [5, 5.41) is 3.40. The molecule has 24 heavy (non-hydrogen) atoms. The first-order valence-electron chi connectivity index (χ1n) is 8.76. The summed E-state index contributed by atoms with van der Waals surface area (Å²) in [5.74, 6) is 3.65. The van der Waals surface area contributed by atoms with Crippen molar-refractivity contribution in [3.05, 3.63) is 22.2 Å². The van der Waals surface area contributed by atoms with Crippen molar-refractivity contribution in [3.8, 4) is 11.5 Å². The van der Waals surface area contributed by atoms with E-state index in [1.54, 1.807) is 26.4 Å². The molecule has 0 aromatic heterocycles. The molecule has 0 unspecified atom stereocenters. The number of rotatable bonds is 4. The third-order valence-corrected chi connectivity index (χ3v) is 6.91. The van der Waals surface area contributed by atoms with Gasteiger partial charge in [0.25, 0.3) is 5.91 Å². The maximum Gasteiger partial charge on any atom is 0.251 e. The number of amides is 1. The average molecular weight is 394 g/mol. The molecule has 1 N–H and O–H groups in total. The molecule has 0 spiro atoms. The molecule has 1 amide bonds. The molecule has 5 rings (SSSR count). The van der Waals surface area contributed by atoms with Crippen LogP contribution in [0.25, 0.3) is 0 Å². The molecule has 5 heteroatoms. The summed E-state index contributed by atoms with van der Waals surface area (Å²) in [6.45, 7) is 0. The Morgan fingerprint density at radius 1 is 1.04 bits per heavy atom. The summed E-state index contributed by atoms with van der Waals surface area (Å²) < 4.78 is 11.5. The molecule has 4 aliphatic rings. The molecule has 4 saturated carbocycles. The Kier molecular flexibility index (Phi) is 4.02. The van der Waals surface area contributed by atoms with Gasteiger partial charge in [0.1, 0.15) is 16.0 Å². The van der Waals surface area contributed by atoms with Crippen molar-refractivity contribution in [2.75, 3.05) is 14.2 Å². The molecule has 0 heterocycles. The summed E-state index contributed by atoms with van der Waals surface area (Å²) in [6.07, 6.45) is 7.56. The van der Waals surface area contributed by atoms with E-state index in [1.807, 2.05) is 0 Å². The number of hydrogen-bond donors (Lipinski definition) is 1. The molecule has 0 radical (unpaired) electrons. The predicted octanol–water partition coefficient (Wildman–Crippen LogP) is 4.16. The highest BCUT2D eigenvalue weighted by Crippen LogP contribution is 2.55. The predicted molar refractivity (Wildman–Crippen MR) is 95.6 cm³/mol. The Balaban J connectivity index is 1.58. The van der Waals surface area contributed by atoms with E-state index in [1.165, 1.54) is 19.3 Å². The van der Waals surface area contributed by atoms with E-state index >= 15 is 0 Å². The molecule has 1 aromatic rings. The zero-order valence-electron chi connectivity index (χ0n) is 14.2. The number of halogens is 1. The highest BCUT2D eigenvalue weighted by Gasteiger charge is 2.51. The number of nitrogens with one attached hydrogen (secondary N) is 1. The van der Waals surface area contributed by atoms with Gasteiger partial charge in [0.15, 0.2) is 0 Å². The van der Waals surface area contributed by atoms with E-state index in [9.17, 15) is 4.79 Å². The summed E-state index contributed by atoms with van der Waals surface area (Å²) in [6, 6.07) is 3.56. The first-order chi connectivity index (χ1) is 11.5. The van der Waals surface area contributed by atoms with E-state index in [0.717, 1.165) is 41.5 Å². The Morgan fingerprint density at radius 2 is 1.50 bits per heavy atom. The second kappa shape index (κ2) is 5.94. The van der Waals surface area contributed by atoms with Gasteiger partial charge in [-0.15, -0.1) is 0 Å². The minimum atomic E-state index is -0.0129. The molecule has 4 fully saturated rings. The molecule has 130 valence electrons. The summed E-state index contributed by atoms with van der Waals surface area (Å²) in [4.78, 5) is 12.9. The Hall–Kier alpha value is -1.23. The second-order valence-corrected chi connectivity index (χ2v) is 8.64. The number of hydrogen-bond acceptors (Lipinski definition) is 3. The van der Waals surface area contributed by atoms with Gasteiger partial charge in [-0.25, -0.2) is 0 Å². The number of ether oxygens (including phenoxy) is 2. The molecule has 4 aliphatic carbocycles. The van der Waals surface area contributed by atoms with Gasteiger partial charge < -0.3 is 14.8 Å². The maximum absolute atomic E-state index is 12.9. The number of methoxy groups -OCH3 is 2. The lowest BCUT2D eigenvalue weighted by Crippen LogP contribution is -2.59. The fraction of sp³-hybridized carbons (Fsp3) is 0.632. The largest absolute Gasteiger partial charge is 0.495 e. The Morgan fingerprint density at radius 3 is 1.92 bits per heavy atom. The third kappa shape index (κ3) is 2.71. The minimum Gasteiger partial charge on any atom is -0.495 e. The quantitative estimate of drug-likeness (QED) is 0.834. The highest BCUT2D eigenvalue weighted by atomic mass is 79.9. The van der Waals surface area contributed by atoms with Crippen LogP contribution < -0.4 is 14.8 Å². The first-order valence-corrected chi connectivity index (χ1v) is 9.55. The van der Waals surface area contributed by atoms with E-state index in [0.29, 0.717) is 17.1 Å². The first kappa shape index (κ1) is 16.2. The van der Waals surface area contributed by atoms with Gasteiger partial charge >= 0.3 is 0 Å². The van der Waals surface area contributed by atoms with Crippen LogP contribution in [0.1, 0.15) is 48.9 Å². The zero-order valence-corrected chi connectivity index (χ0v) is 15.8. The van der Waals surface area contributed by atoms with Crippen LogP contribution in [-0.4, -0.2) is 25.7 Å². The summed E-state index contributed by atoms with van der Waals surface area (Å²) >= 11 is 3.46. The van der Waals surface area contributed by atoms with Crippen LogP contribution in [0.15, 0.2) is 16.6 Å². The molecule has 4 nitrogen and oxygen atoms in total. The molecular formula is C19H24BrNO3. The number of benzene rings is 1. The monoisotopic (exact) mass is 393 g/mol. The maximum atomic E-state index is 12.9. The van der Waals surface area contributed by atoms with Gasteiger partial charge in [0.2, 0.25) is 0 Å². The van der Waals surface area contributed by atoms with Crippen molar-refractivity contribution >= 4 is 21.8 Å². The van der Waals surface area contributed by atoms with Crippen LogP contribution >= 0.6 is 15.9 Å². The molecular weight excluding hydrogens is 370 g/mol. The second-order valence-electron chi connectivity index (χ2n) is 7.85. The van der Waals surface area contributed by atoms with Crippen LogP contribution in [0.4, 0.5) is 0 Å². The van der Waals surface area contributed by atoms with Crippen LogP contribution in [0, 0.1) is 17.8 Å². The van der Waals surface area contributed by atoms with Crippen LogP contribution in [0.3, 0.4) is 0 Å². The van der Waals surface area contributed by atoms with E-state index < -0.39 is 0 Å². The highest BCUT2D eigenvalue weighted by molar-refractivity contribution is 9.10. The number of carbonyl (C=O) groups is 1. The summed E-state index contributed by atoms with van der Waals surface area (Å²) in [5.41, 5.74) is 0.613. The van der Waals surface area contributed by atoms with Crippen molar-refractivity contribution in [2.24, 2.45) is 17.8 Å². The lowest BCUT2D eigenvalue weighted by molar-refractivity contribution is -0.0167. The molecule has 0 saturated heterocycles. The fourth-order valence-electron chi connectivity index (χ4n) is 5.58. The van der Waals surface area contributed by atoms with Gasteiger partial charge in [0.05, 0.1) is 14.2 Å².